The summed E-state index contributed by atoms with van der Waals surface area (Å²) < 4.78 is 6.33. The number of amides is 1. The molecule has 1 amide bonds. The van der Waals surface area contributed by atoms with Gasteiger partial charge in [0, 0.05) is 18.1 Å². The van der Waals surface area contributed by atoms with Gasteiger partial charge in [-0.05, 0) is 29.7 Å². The summed E-state index contributed by atoms with van der Waals surface area (Å²) in [4.78, 5) is 13.5. The SMILES string of the molecule is CN(CCc1cccc(Br)c1)C(=O)OCc1ccccc1. The summed E-state index contributed by atoms with van der Waals surface area (Å²) in [5, 5.41) is 0. The Labute approximate surface area is 133 Å². The molecule has 21 heavy (non-hydrogen) atoms. The van der Waals surface area contributed by atoms with E-state index in [9.17, 15) is 4.79 Å². The monoisotopic (exact) mass is 347 g/mol. The largest absolute Gasteiger partial charge is 0.445 e. The number of nitrogens with zero attached hydrogens (tertiary/aromatic N) is 1. The first-order valence-corrected chi connectivity index (χ1v) is 7.61. The van der Waals surface area contributed by atoms with E-state index >= 15 is 0 Å². The Morgan fingerprint density at radius 2 is 1.81 bits per heavy atom. The molecular formula is C17H18BrNO2. The van der Waals surface area contributed by atoms with Crippen LogP contribution in [0.2, 0.25) is 0 Å². The summed E-state index contributed by atoms with van der Waals surface area (Å²) in [5.41, 5.74) is 2.18. The molecule has 3 nitrogen and oxygen atoms in total. The first kappa shape index (κ1) is 15.6. The molecule has 0 aliphatic heterocycles. The molecule has 2 aromatic rings. The van der Waals surface area contributed by atoms with Crippen molar-refractivity contribution in [3.63, 3.8) is 0 Å². The van der Waals surface area contributed by atoms with E-state index in [0.717, 1.165) is 16.5 Å². The average Bonchev–Trinajstić information content (AvgIpc) is 2.51. The molecule has 0 spiro atoms. The normalized spacial score (nSPS) is 10.2. The van der Waals surface area contributed by atoms with Gasteiger partial charge in [0.25, 0.3) is 0 Å². The minimum Gasteiger partial charge on any atom is -0.445 e. The van der Waals surface area contributed by atoms with Gasteiger partial charge < -0.3 is 9.64 Å². The van der Waals surface area contributed by atoms with Crippen LogP contribution in [0.3, 0.4) is 0 Å². The molecule has 0 saturated heterocycles. The second-order valence-corrected chi connectivity index (χ2v) is 5.76. The highest BCUT2D eigenvalue weighted by atomic mass is 79.9. The number of carbonyl (C=O) groups is 1. The second-order valence-electron chi connectivity index (χ2n) is 4.84. The molecule has 110 valence electrons. The number of halogens is 1. The Morgan fingerprint density at radius 3 is 2.52 bits per heavy atom. The van der Waals surface area contributed by atoms with E-state index in [1.807, 2.05) is 48.5 Å². The van der Waals surface area contributed by atoms with Crippen LogP contribution in [0, 0.1) is 0 Å². The Hall–Kier alpha value is -1.81. The van der Waals surface area contributed by atoms with E-state index in [1.165, 1.54) is 5.56 Å². The van der Waals surface area contributed by atoms with Crippen LogP contribution in [0.15, 0.2) is 59.1 Å². The number of carbonyl (C=O) groups excluding carboxylic acids is 1. The lowest BCUT2D eigenvalue weighted by Crippen LogP contribution is -2.29. The standard InChI is InChI=1S/C17H18BrNO2/c1-19(11-10-14-8-5-9-16(18)12-14)17(20)21-13-15-6-3-2-4-7-15/h2-9,12H,10-11,13H2,1H3. The molecule has 0 heterocycles. The third-order valence-electron chi connectivity index (χ3n) is 3.14. The molecule has 0 atom stereocenters. The van der Waals surface area contributed by atoms with E-state index in [-0.39, 0.29) is 6.09 Å². The Kier molecular flexibility index (Phi) is 5.81. The molecule has 4 heteroatoms. The van der Waals surface area contributed by atoms with Crippen LogP contribution < -0.4 is 0 Å². The summed E-state index contributed by atoms with van der Waals surface area (Å²) >= 11 is 3.44. The van der Waals surface area contributed by atoms with E-state index in [4.69, 9.17) is 4.74 Å². The van der Waals surface area contributed by atoms with Gasteiger partial charge in [0.15, 0.2) is 0 Å². The summed E-state index contributed by atoms with van der Waals surface area (Å²) in [7, 11) is 1.76. The molecule has 0 bridgehead atoms. The van der Waals surface area contributed by atoms with Crippen LogP contribution in [0.1, 0.15) is 11.1 Å². The van der Waals surface area contributed by atoms with Gasteiger partial charge in [-0.25, -0.2) is 4.79 Å². The first-order valence-electron chi connectivity index (χ1n) is 6.81. The third-order valence-corrected chi connectivity index (χ3v) is 3.63. The molecule has 0 aliphatic rings. The van der Waals surface area contributed by atoms with Gasteiger partial charge in [0.1, 0.15) is 6.61 Å². The van der Waals surface area contributed by atoms with Gasteiger partial charge in [-0.2, -0.15) is 0 Å². The molecule has 0 aromatic heterocycles. The van der Waals surface area contributed by atoms with Crippen LogP contribution >= 0.6 is 15.9 Å². The molecule has 0 N–H and O–H groups in total. The Balaban J connectivity index is 1.77. The topological polar surface area (TPSA) is 29.5 Å². The minimum absolute atomic E-state index is 0.297. The van der Waals surface area contributed by atoms with Crippen molar-refractivity contribution in [1.29, 1.82) is 0 Å². The zero-order chi connectivity index (χ0) is 15.1. The van der Waals surface area contributed by atoms with E-state index in [2.05, 4.69) is 22.0 Å². The number of ether oxygens (including phenoxy) is 1. The fourth-order valence-corrected chi connectivity index (χ4v) is 2.36. The lowest BCUT2D eigenvalue weighted by Gasteiger charge is -2.17. The van der Waals surface area contributed by atoms with Crippen molar-refractivity contribution in [3.8, 4) is 0 Å². The molecule has 2 aromatic carbocycles. The van der Waals surface area contributed by atoms with Crippen LogP contribution in [-0.4, -0.2) is 24.6 Å². The highest BCUT2D eigenvalue weighted by molar-refractivity contribution is 9.10. The first-order chi connectivity index (χ1) is 10.1. The summed E-state index contributed by atoms with van der Waals surface area (Å²) in [5.74, 6) is 0. The van der Waals surface area contributed by atoms with Crippen molar-refractivity contribution < 1.29 is 9.53 Å². The fourth-order valence-electron chi connectivity index (χ4n) is 1.91. The summed E-state index contributed by atoms with van der Waals surface area (Å²) in [6, 6.07) is 17.8. The third kappa shape index (κ3) is 5.23. The highest BCUT2D eigenvalue weighted by Crippen LogP contribution is 2.12. The van der Waals surface area contributed by atoms with Gasteiger partial charge in [-0.1, -0.05) is 58.4 Å². The molecule has 0 saturated carbocycles. The number of benzene rings is 2. The fraction of sp³-hybridized carbons (Fsp3) is 0.235. The van der Waals surface area contributed by atoms with E-state index in [0.29, 0.717) is 13.2 Å². The van der Waals surface area contributed by atoms with Gasteiger partial charge in [0.05, 0.1) is 0 Å². The van der Waals surface area contributed by atoms with Crippen LogP contribution in [-0.2, 0) is 17.8 Å². The van der Waals surface area contributed by atoms with E-state index < -0.39 is 0 Å². The summed E-state index contributed by atoms with van der Waals surface area (Å²) in [6.07, 6.45) is 0.505. The smallest absolute Gasteiger partial charge is 0.409 e. The van der Waals surface area contributed by atoms with E-state index in [1.54, 1.807) is 11.9 Å². The van der Waals surface area contributed by atoms with Crippen molar-refractivity contribution in [2.45, 2.75) is 13.0 Å². The van der Waals surface area contributed by atoms with Crippen molar-refractivity contribution >= 4 is 22.0 Å². The maximum atomic E-state index is 11.9. The summed E-state index contributed by atoms with van der Waals surface area (Å²) in [6.45, 7) is 0.935. The molecule has 0 radical (unpaired) electrons. The van der Waals surface area contributed by atoms with Gasteiger partial charge in [-0.15, -0.1) is 0 Å². The van der Waals surface area contributed by atoms with Crippen molar-refractivity contribution in [2.24, 2.45) is 0 Å². The van der Waals surface area contributed by atoms with Crippen molar-refractivity contribution in [3.05, 3.63) is 70.2 Å². The number of likely N-dealkylation sites (N-methyl/N-ethyl adjacent to an activating group) is 1. The zero-order valence-corrected chi connectivity index (χ0v) is 13.5. The average molecular weight is 348 g/mol. The molecule has 2 rings (SSSR count). The number of hydrogen-bond acceptors (Lipinski definition) is 2. The van der Waals surface area contributed by atoms with Gasteiger partial charge in [0.2, 0.25) is 0 Å². The lowest BCUT2D eigenvalue weighted by molar-refractivity contribution is 0.105. The quantitative estimate of drug-likeness (QED) is 0.808. The second kappa shape index (κ2) is 7.84. The Bertz CT molecular complexity index is 586. The number of rotatable bonds is 5. The molecule has 0 unspecified atom stereocenters. The van der Waals surface area contributed by atoms with Crippen LogP contribution in [0.5, 0.6) is 0 Å². The Morgan fingerprint density at radius 1 is 1.10 bits per heavy atom. The van der Waals surface area contributed by atoms with Gasteiger partial charge in [-0.3, -0.25) is 0 Å². The van der Waals surface area contributed by atoms with Crippen molar-refractivity contribution in [1.82, 2.24) is 4.90 Å². The maximum Gasteiger partial charge on any atom is 0.409 e. The predicted octanol–water partition coefficient (Wildman–Crippen LogP) is 4.26. The predicted molar refractivity (Wildman–Crippen MR) is 87.1 cm³/mol. The van der Waals surface area contributed by atoms with Gasteiger partial charge >= 0.3 is 6.09 Å². The lowest BCUT2D eigenvalue weighted by atomic mass is 10.1. The molecule has 0 aliphatic carbocycles. The molecular weight excluding hydrogens is 330 g/mol. The molecule has 0 fully saturated rings. The minimum atomic E-state index is -0.297. The highest BCUT2D eigenvalue weighted by Gasteiger charge is 2.10. The van der Waals surface area contributed by atoms with Crippen LogP contribution in [0.4, 0.5) is 4.79 Å². The van der Waals surface area contributed by atoms with Crippen molar-refractivity contribution in [2.75, 3.05) is 13.6 Å². The zero-order valence-electron chi connectivity index (χ0n) is 12.0. The van der Waals surface area contributed by atoms with Crippen LogP contribution in [0.25, 0.3) is 0 Å². The number of hydrogen-bond donors (Lipinski definition) is 0. The maximum absolute atomic E-state index is 11.9.